The second-order valence-corrected chi connectivity index (χ2v) is 3.96. The van der Waals surface area contributed by atoms with Crippen molar-refractivity contribution in [3.63, 3.8) is 0 Å². The number of nitrogens with zero attached hydrogens (tertiary/aromatic N) is 1. The van der Waals surface area contributed by atoms with Gasteiger partial charge in [0.05, 0.1) is 0 Å². The average molecular weight is 206 g/mol. The highest BCUT2D eigenvalue weighted by Crippen LogP contribution is 2.13. The Labute approximate surface area is 93.3 Å². The zero-order valence-corrected chi connectivity index (χ0v) is 10.1. The maximum Gasteiger partial charge on any atom is 0.0363 e. The van der Waals surface area contributed by atoms with E-state index in [4.69, 9.17) is 0 Å². The van der Waals surface area contributed by atoms with E-state index in [1.807, 2.05) is 0 Å². The molecule has 15 heavy (non-hydrogen) atoms. The van der Waals surface area contributed by atoms with E-state index in [1.165, 1.54) is 17.7 Å². The molecule has 0 unspecified atom stereocenters. The van der Waals surface area contributed by atoms with E-state index in [9.17, 15) is 0 Å². The zero-order chi connectivity index (χ0) is 11.1. The minimum atomic E-state index is 1.06. The summed E-state index contributed by atoms with van der Waals surface area (Å²) in [5, 5.41) is 3.34. The SMILES string of the molecule is CCNCCCN(C)c1ccc(C)cc1. The molecule has 0 bridgehead atoms. The molecule has 1 rings (SSSR count). The van der Waals surface area contributed by atoms with E-state index in [0.29, 0.717) is 0 Å². The lowest BCUT2D eigenvalue weighted by atomic mass is 10.2. The van der Waals surface area contributed by atoms with Crippen molar-refractivity contribution < 1.29 is 0 Å². The monoisotopic (exact) mass is 206 g/mol. The summed E-state index contributed by atoms with van der Waals surface area (Å²) in [6.07, 6.45) is 1.19. The van der Waals surface area contributed by atoms with Gasteiger partial charge in [-0.3, -0.25) is 0 Å². The largest absolute Gasteiger partial charge is 0.375 e. The van der Waals surface area contributed by atoms with Crippen molar-refractivity contribution in [1.29, 1.82) is 0 Å². The number of anilines is 1. The van der Waals surface area contributed by atoms with Crippen LogP contribution in [0.5, 0.6) is 0 Å². The maximum absolute atomic E-state index is 3.34. The first-order valence-corrected chi connectivity index (χ1v) is 5.72. The van der Waals surface area contributed by atoms with Crippen LogP contribution >= 0.6 is 0 Å². The van der Waals surface area contributed by atoms with Crippen LogP contribution in [0.25, 0.3) is 0 Å². The zero-order valence-electron chi connectivity index (χ0n) is 10.1. The lowest BCUT2D eigenvalue weighted by Gasteiger charge is -2.19. The fourth-order valence-electron chi connectivity index (χ4n) is 1.55. The molecule has 0 amide bonds. The van der Waals surface area contributed by atoms with E-state index in [-0.39, 0.29) is 0 Å². The smallest absolute Gasteiger partial charge is 0.0363 e. The number of benzene rings is 1. The van der Waals surface area contributed by atoms with Gasteiger partial charge in [-0.15, -0.1) is 0 Å². The predicted molar refractivity (Wildman–Crippen MR) is 67.6 cm³/mol. The minimum absolute atomic E-state index is 1.06. The molecule has 0 saturated carbocycles. The quantitative estimate of drug-likeness (QED) is 0.719. The molecule has 0 atom stereocenters. The number of nitrogens with one attached hydrogen (secondary N) is 1. The average Bonchev–Trinajstić information content (AvgIpc) is 2.25. The van der Waals surface area contributed by atoms with Crippen molar-refractivity contribution >= 4 is 5.69 Å². The Bertz CT molecular complexity index is 266. The molecule has 0 fully saturated rings. The molecule has 2 nitrogen and oxygen atoms in total. The van der Waals surface area contributed by atoms with Gasteiger partial charge in [-0.05, 0) is 38.6 Å². The number of hydrogen-bond donors (Lipinski definition) is 1. The van der Waals surface area contributed by atoms with Crippen LogP contribution in [0.2, 0.25) is 0 Å². The summed E-state index contributed by atoms with van der Waals surface area (Å²) in [7, 11) is 2.15. The Morgan fingerprint density at radius 1 is 1.20 bits per heavy atom. The van der Waals surface area contributed by atoms with E-state index in [2.05, 4.69) is 55.4 Å². The Kier molecular flexibility index (Phi) is 5.19. The minimum Gasteiger partial charge on any atom is -0.375 e. The summed E-state index contributed by atoms with van der Waals surface area (Å²) in [5.74, 6) is 0. The van der Waals surface area contributed by atoms with Crippen LogP contribution in [0, 0.1) is 6.92 Å². The van der Waals surface area contributed by atoms with Crippen LogP contribution in [0.4, 0.5) is 5.69 Å². The van der Waals surface area contributed by atoms with E-state index < -0.39 is 0 Å². The molecule has 1 aromatic rings. The van der Waals surface area contributed by atoms with Crippen molar-refractivity contribution in [3.05, 3.63) is 29.8 Å². The Morgan fingerprint density at radius 3 is 2.47 bits per heavy atom. The van der Waals surface area contributed by atoms with Gasteiger partial charge in [0.25, 0.3) is 0 Å². The summed E-state index contributed by atoms with van der Waals surface area (Å²) < 4.78 is 0. The van der Waals surface area contributed by atoms with Crippen LogP contribution in [0.15, 0.2) is 24.3 Å². The van der Waals surface area contributed by atoms with Crippen molar-refractivity contribution in [2.45, 2.75) is 20.3 Å². The van der Waals surface area contributed by atoms with Gasteiger partial charge < -0.3 is 10.2 Å². The predicted octanol–water partition coefficient (Wildman–Crippen LogP) is 2.43. The fourth-order valence-corrected chi connectivity index (χ4v) is 1.55. The summed E-state index contributed by atoms with van der Waals surface area (Å²) in [6, 6.07) is 8.69. The van der Waals surface area contributed by atoms with Crippen LogP contribution in [0.1, 0.15) is 18.9 Å². The number of aryl methyl sites for hydroxylation is 1. The summed E-state index contributed by atoms with van der Waals surface area (Å²) in [4.78, 5) is 2.30. The Morgan fingerprint density at radius 2 is 1.87 bits per heavy atom. The molecule has 0 aliphatic carbocycles. The normalized spacial score (nSPS) is 10.3. The molecule has 1 N–H and O–H groups in total. The molecular formula is C13H22N2. The van der Waals surface area contributed by atoms with Crippen molar-refractivity contribution in [2.24, 2.45) is 0 Å². The van der Waals surface area contributed by atoms with Crippen molar-refractivity contribution in [3.8, 4) is 0 Å². The molecular weight excluding hydrogens is 184 g/mol. The van der Waals surface area contributed by atoms with Gasteiger partial charge in [0.2, 0.25) is 0 Å². The maximum atomic E-state index is 3.34. The molecule has 1 aromatic carbocycles. The van der Waals surface area contributed by atoms with Crippen molar-refractivity contribution in [1.82, 2.24) is 5.32 Å². The molecule has 0 aromatic heterocycles. The van der Waals surface area contributed by atoms with Crippen LogP contribution in [-0.4, -0.2) is 26.7 Å². The van der Waals surface area contributed by atoms with Gasteiger partial charge >= 0.3 is 0 Å². The van der Waals surface area contributed by atoms with E-state index in [1.54, 1.807) is 0 Å². The Hall–Kier alpha value is -1.02. The second kappa shape index (κ2) is 6.46. The molecule has 0 radical (unpaired) electrons. The fraction of sp³-hybridized carbons (Fsp3) is 0.538. The van der Waals surface area contributed by atoms with Crippen LogP contribution in [-0.2, 0) is 0 Å². The number of rotatable bonds is 6. The molecule has 0 aliphatic rings. The summed E-state index contributed by atoms with van der Waals surface area (Å²) in [5.41, 5.74) is 2.62. The third kappa shape index (κ3) is 4.34. The molecule has 0 aliphatic heterocycles. The third-order valence-corrected chi connectivity index (χ3v) is 2.57. The van der Waals surface area contributed by atoms with Gasteiger partial charge in [0.15, 0.2) is 0 Å². The third-order valence-electron chi connectivity index (χ3n) is 2.57. The van der Waals surface area contributed by atoms with Gasteiger partial charge in [0.1, 0.15) is 0 Å². The molecule has 84 valence electrons. The summed E-state index contributed by atoms with van der Waals surface area (Å²) in [6.45, 7) is 7.54. The number of hydrogen-bond acceptors (Lipinski definition) is 2. The lowest BCUT2D eigenvalue weighted by molar-refractivity contribution is 0.667. The Balaban J connectivity index is 2.33. The molecule has 0 saturated heterocycles. The topological polar surface area (TPSA) is 15.3 Å². The molecule has 0 heterocycles. The van der Waals surface area contributed by atoms with Gasteiger partial charge in [-0.2, -0.15) is 0 Å². The highest BCUT2D eigenvalue weighted by atomic mass is 15.1. The van der Waals surface area contributed by atoms with E-state index >= 15 is 0 Å². The second-order valence-electron chi connectivity index (χ2n) is 3.96. The molecule has 2 heteroatoms. The first-order valence-electron chi connectivity index (χ1n) is 5.72. The van der Waals surface area contributed by atoms with E-state index in [0.717, 1.165) is 19.6 Å². The van der Waals surface area contributed by atoms with Gasteiger partial charge in [-0.25, -0.2) is 0 Å². The highest BCUT2D eigenvalue weighted by molar-refractivity contribution is 5.46. The lowest BCUT2D eigenvalue weighted by Crippen LogP contribution is -2.23. The van der Waals surface area contributed by atoms with Crippen LogP contribution in [0.3, 0.4) is 0 Å². The highest BCUT2D eigenvalue weighted by Gasteiger charge is 1.98. The van der Waals surface area contributed by atoms with Crippen molar-refractivity contribution in [2.75, 3.05) is 31.6 Å². The van der Waals surface area contributed by atoms with Gasteiger partial charge in [-0.1, -0.05) is 24.6 Å². The summed E-state index contributed by atoms with van der Waals surface area (Å²) >= 11 is 0. The first-order chi connectivity index (χ1) is 7.24. The van der Waals surface area contributed by atoms with Crippen LogP contribution < -0.4 is 10.2 Å². The molecule has 0 spiro atoms. The van der Waals surface area contributed by atoms with Gasteiger partial charge in [0, 0.05) is 19.3 Å². The standard InChI is InChI=1S/C13H22N2/c1-4-14-10-5-11-15(3)13-8-6-12(2)7-9-13/h6-9,14H,4-5,10-11H2,1-3H3. The first kappa shape index (κ1) is 12.1.